The minimum absolute atomic E-state index is 0.188. The van der Waals surface area contributed by atoms with Crippen molar-refractivity contribution in [3.8, 4) is 11.3 Å². The van der Waals surface area contributed by atoms with Gasteiger partial charge in [-0.1, -0.05) is 36.4 Å². The quantitative estimate of drug-likeness (QED) is 0.769. The van der Waals surface area contributed by atoms with E-state index in [4.69, 9.17) is 0 Å². The van der Waals surface area contributed by atoms with E-state index in [0.717, 1.165) is 11.4 Å². The van der Waals surface area contributed by atoms with Crippen LogP contribution in [-0.2, 0) is 0 Å². The van der Waals surface area contributed by atoms with E-state index in [1.807, 2.05) is 48.5 Å². The number of carbonyl (C=O) groups excluding carboxylic acids is 1. The zero-order chi connectivity index (χ0) is 18.6. The summed E-state index contributed by atoms with van der Waals surface area (Å²) in [5, 5.41) is 0. The number of piperazine rings is 1. The van der Waals surface area contributed by atoms with Crippen molar-refractivity contribution in [1.82, 2.24) is 19.9 Å². The summed E-state index contributed by atoms with van der Waals surface area (Å²) in [6, 6.07) is 16.8. The highest BCUT2D eigenvalue weighted by molar-refractivity contribution is 5.93. The Morgan fingerprint density at radius 3 is 2.41 bits per heavy atom. The van der Waals surface area contributed by atoms with Crippen LogP contribution in [0.25, 0.3) is 11.3 Å². The number of aromatic amines is 1. The number of pyridine rings is 1. The molecule has 4 rings (SSSR count). The van der Waals surface area contributed by atoms with Crippen LogP contribution >= 0.6 is 0 Å². The summed E-state index contributed by atoms with van der Waals surface area (Å²) < 4.78 is 0. The maximum Gasteiger partial charge on any atom is 0.346 e. The SMILES string of the molecule is O=C(c1cc(-c2ccccc2)nc(=O)[nH]1)N1CCN(c2ccccn2)CC1. The van der Waals surface area contributed by atoms with Crippen molar-refractivity contribution in [3.63, 3.8) is 0 Å². The lowest BCUT2D eigenvalue weighted by atomic mass is 10.1. The van der Waals surface area contributed by atoms with E-state index in [1.165, 1.54) is 0 Å². The number of rotatable bonds is 3. The first-order valence-electron chi connectivity index (χ1n) is 8.83. The van der Waals surface area contributed by atoms with Crippen LogP contribution < -0.4 is 10.6 Å². The molecule has 0 unspecified atom stereocenters. The van der Waals surface area contributed by atoms with E-state index in [2.05, 4.69) is 19.9 Å². The Bertz CT molecular complexity index is 980. The summed E-state index contributed by atoms with van der Waals surface area (Å²) >= 11 is 0. The van der Waals surface area contributed by atoms with Crippen LogP contribution in [0.2, 0.25) is 0 Å². The van der Waals surface area contributed by atoms with Crippen LogP contribution in [0.4, 0.5) is 5.82 Å². The van der Waals surface area contributed by atoms with Crippen molar-refractivity contribution in [1.29, 1.82) is 0 Å². The van der Waals surface area contributed by atoms with Crippen molar-refractivity contribution in [3.05, 3.63) is 77.0 Å². The number of H-pyrrole nitrogens is 1. The molecule has 0 atom stereocenters. The first-order chi connectivity index (χ1) is 13.2. The molecular weight excluding hydrogens is 342 g/mol. The first-order valence-corrected chi connectivity index (χ1v) is 8.83. The van der Waals surface area contributed by atoms with E-state index in [0.29, 0.717) is 31.9 Å². The zero-order valence-electron chi connectivity index (χ0n) is 14.7. The summed E-state index contributed by atoms with van der Waals surface area (Å²) in [5.74, 6) is 0.723. The van der Waals surface area contributed by atoms with Crippen molar-refractivity contribution in [2.24, 2.45) is 0 Å². The highest BCUT2D eigenvalue weighted by atomic mass is 16.2. The van der Waals surface area contributed by atoms with Gasteiger partial charge < -0.3 is 14.8 Å². The molecule has 1 aliphatic heterocycles. The standard InChI is InChI=1S/C20H19N5O2/c26-19(25-12-10-24(11-13-25)18-8-4-5-9-21-18)17-14-16(22-20(27)23-17)15-6-2-1-3-7-15/h1-9,14H,10-13H2,(H,22,23,27). The molecule has 1 amide bonds. The van der Waals surface area contributed by atoms with Crippen LogP contribution in [0.1, 0.15) is 10.5 Å². The monoisotopic (exact) mass is 361 g/mol. The molecule has 3 aromatic rings. The molecule has 1 fully saturated rings. The van der Waals surface area contributed by atoms with Crippen molar-refractivity contribution in [2.45, 2.75) is 0 Å². The molecule has 27 heavy (non-hydrogen) atoms. The van der Waals surface area contributed by atoms with Gasteiger partial charge in [0.2, 0.25) is 0 Å². The average Bonchev–Trinajstić information content (AvgIpc) is 2.74. The average molecular weight is 361 g/mol. The summed E-state index contributed by atoms with van der Waals surface area (Å²) in [5.41, 5.74) is 1.04. The number of hydrogen-bond donors (Lipinski definition) is 1. The van der Waals surface area contributed by atoms with Gasteiger partial charge in [-0.05, 0) is 18.2 Å². The minimum atomic E-state index is -0.521. The van der Waals surface area contributed by atoms with E-state index < -0.39 is 5.69 Å². The predicted octanol–water partition coefficient (Wildman–Crippen LogP) is 1.79. The molecule has 0 radical (unpaired) electrons. The van der Waals surface area contributed by atoms with Gasteiger partial charge in [0, 0.05) is 37.9 Å². The van der Waals surface area contributed by atoms with Crippen LogP contribution in [0.5, 0.6) is 0 Å². The minimum Gasteiger partial charge on any atom is -0.353 e. The molecule has 1 N–H and O–H groups in total. The summed E-state index contributed by atoms with van der Waals surface area (Å²) in [7, 11) is 0. The number of hydrogen-bond acceptors (Lipinski definition) is 5. The highest BCUT2D eigenvalue weighted by Crippen LogP contribution is 2.17. The van der Waals surface area contributed by atoms with Crippen LogP contribution in [0.15, 0.2) is 65.6 Å². The largest absolute Gasteiger partial charge is 0.353 e. The second-order valence-electron chi connectivity index (χ2n) is 6.32. The molecule has 3 heterocycles. The van der Waals surface area contributed by atoms with E-state index in [9.17, 15) is 9.59 Å². The predicted molar refractivity (Wildman–Crippen MR) is 103 cm³/mol. The number of carbonyl (C=O) groups is 1. The molecule has 0 spiro atoms. The van der Waals surface area contributed by atoms with Crippen molar-refractivity contribution < 1.29 is 4.79 Å². The maximum absolute atomic E-state index is 12.9. The second-order valence-corrected chi connectivity index (χ2v) is 6.32. The Balaban J connectivity index is 1.51. The second kappa shape index (κ2) is 7.41. The fourth-order valence-electron chi connectivity index (χ4n) is 3.18. The van der Waals surface area contributed by atoms with Gasteiger partial charge in [-0.3, -0.25) is 4.79 Å². The van der Waals surface area contributed by atoms with Gasteiger partial charge in [-0.25, -0.2) is 9.78 Å². The first kappa shape index (κ1) is 17.0. The van der Waals surface area contributed by atoms with Gasteiger partial charge in [0.25, 0.3) is 5.91 Å². The van der Waals surface area contributed by atoms with Crippen molar-refractivity contribution >= 4 is 11.7 Å². The zero-order valence-corrected chi connectivity index (χ0v) is 14.7. The lowest BCUT2D eigenvalue weighted by Crippen LogP contribution is -2.49. The third-order valence-corrected chi connectivity index (χ3v) is 4.58. The number of nitrogens with one attached hydrogen (secondary N) is 1. The molecule has 7 nitrogen and oxygen atoms in total. The molecule has 7 heteroatoms. The van der Waals surface area contributed by atoms with E-state index >= 15 is 0 Å². The van der Waals surface area contributed by atoms with Gasteiger partial charge in [0.1, 0.15) is 11.5 Å². The number of aromatic nitrogens is 3. The number of amides is 1. The fraction of sp³-hybridized carbons (Fsp3) is 0.200. The molecule has 2 aromatic heterocycles. The molecule has 1 aromatic carbocycles. The molecule has 0 bridgehead atoms. The summed E-state index contributed by atoms with van der Waals surface area (Å²) in [6.07, 6.45) is 1.76. The lowest BCUT2D eigenvalue weighted by molar-refractivity contribution is 0.0740. The number of benzene rings is 1. The van der Waals surface area contributed by atoms with E-state index in [-0.39, 0.29) is 11.6 Å². The summed E-state index contributed by atoms with van der Waals surface area (Å²) in [4.78, 5) is 39.6. The smallest absolute Gasteiger partial charge is 0.346 e. The van der Waals surface area contributed by atoms with E-state index in [1.54, 1.807) is 17.2 Å². The Hall–Kier alpha value is -3.48. The van der Waals surface area contributed by atoms with Gasteiger partial charge in [-0.2, -0.15) is 4.98 Å². The summed E-state index contributed by atoms with van der Waals surface area (Å²) in [6.45, 7) is 2.54. The third-order valence-electron chi connectivity index (χ3n) is 4.58. The Labute approximate surface area is 156 Å². The Morgan fingerprint density at radius 1 is 0.963 bits per heavy atom. The normalized spacial score (nSPS) is 14.2. The lowest BCUT2D eigenvalue weighted by Gasteiger charge is -2.35. The number of nitrogens with zero attached hydrogens (tertiary/aromatic N) is 4. The van der Waals surface area contributed by atoms with Crippen LogP contribution in [0.3, 0.4) is 0 Å². The van der Waals surface area contributed by atoms with Gasteiger partial charge in [0.15, 0.2) is 0 Å². The molecule has 136 valence electrons. The van der Waals surface area contributed by atoms with Crippen LogP contribution in [-0.4, -0.2) is 51.9 Å². The molecule has 0 saturated carbocycles. The van der Waals surface area contributed by atoms with Crippen molar-refractivity contribution in [2.75, 3.05) is 31.1 Å². The Morgan fingerprint density at radius 2 is 1.70 bits per heavy atom. The molecule has 1 saturated heterocycles. The molecule has 0 aliphatic carbocycles. The number of anilines is 1. The van der Waals surface area contributed by atoms with Gasteiger partial charge >= 0.3 is 5.69 Å². The highest BCUT2D eigenvalue weighted by Gasteiger charge is 2.24. The fourth-order valence-corrected chi connectivity index (χ4v) is 3.18. The van der Waals surface area contributed by atoms with Gasteiger partial charge in [0.05, 0.1) is 5.69 Å². The third kappa shape index (κ3) is 3.72. The molecule has 1 aliphatic rings. The molecular formula is C20H19N5O2. The van der Waals surface area contributed by atoms with Crippen LogP contribution in [0, 0.1) is 0 Å². The Kier molecular flexibility index (Phi) is 4.65. The van der Waals surface area contributed by atoms with Gasteiger partial charge in [-0.15, -0.1) is 0 Å². The topological polar surface area (TPSA) is 82.2 Å². The maximum atomic E-state index is 12.9.